The van der Waals surface area contributed by atoms with Crippen molar-refractivity contribution in [2.45, 2.75) is 19.4 Å². The molecule has 1 aliphatic rings. The first-order valence-electron chi connectivity index (χ1n) is 4.93. The first-order valence-corrected chi connectivity index (χ1v) is 5.31. The van der Waals surface area contributed by atoms with Crippen LogP contribution in [0, 0.1) is 0 Å². The highest BCUT2D eigenvalue weighted by molar-refractivity contribution is 6.31. The molecule has 0 radical (unpaired) electrons. The zero-order chi connectivity index (χ0) is 9.80. The van der Waals surface area contributed by atoms with Crippen molar-refractivity contribution in [2.75, 3.05) is 13.1 Å². The van der Waals surface area contributed by atoms with Gasteiger partial charge in [-0.3, -0.25) is 10.4 Å². The largest absolute Gasteiger partial charge is 0.263 e. The van der Waals surface area contributed by atoms with Crippen LogP contribution in [-0.4, -0.2) is 23.1 Å². The molecule has 14 heavy (non-hydrogen) atoms. The third-order valence-corrected chi connectivity index (χ3v) is 2.75. The number of nitrogens with zero attached hydrogens (tertiary/aromatic N) is 2. The molecule has 0 saturated carbocycles. The summed E-state index contributed by atoms with van der Waals surface area (Å²) in [4.78, 5) is 3.97. The third kappa shape index (κ3) is 2.44. The van der Waals surface area contributed by atoms with Gasteiger partial charge in [-0.25, -0.2) is 5.01 Å². The zero-order valence-corrected chi connectivity index (χ0v) is 8.80. The Labute approximate surface area is 89.1 Å². The summed E-state index contributed by atoms with van der Waals surface area (Å²) in [6.45, 7) is 3.03. The lowest BCUT2D eigenvalue weighted by atomic mass is 10.2. The van der Waals surface area contributed by atoms with Crippen LogP contribution < -0.4 is 5.43 Å². The van der Waals surface area contributed by atoms with E-state index in [-0.39, 0.29) is 0 Å². The van der Waals surface area contributed by atoms with Crippen molar-refractivity contribution in [3.63, 3.8) is 0 Å². The van der Waals surface area contributed by atoms with E-state index < -0.39 is 0 Å². The summed E-state index contributed by atoms with van der Waals surface area (Å²) in [5.41, 5.74) is 4.48. The molecule has 0 aromatic carbocycles. The summed E-state index contributed by atoms with van der Waals surface area (Å²) in [5, 5.41) is 2.96. The van der Waals surface area contributed by atoms with Crippen LogP contribution >= 0.6 is 11.6 Å². The average Bonchev–Trinajstić information content (AvgIpc) is 2.23. The van der Waals surface area contributed by atoms with Gasteiger partial charge in [0.2, 0.25) is 0 Å². The summed E-state index contributed by atoms with van der Waals surface area (Å²) < 4.78 is 0. The highest BCUT2D eigenvalue weighted by atomic mass is 35.5. The molecule has 1 aromatic heterocycles. The Morgan fingerprint density at radius 2 is 2.43 bits per heavy atom. The van der Waals surface area contributed by atoms with Crippen molar-refractivity contribution >= 4 is 11.6 Å². The molecule has 1 aliphatic heterocycles. The van der Waals surface area contributed by atoms with Crippen LogP contribution in [0.3, 0.4) is 0 Å². The molecule has 0 atom stereocenters. The van der Waals surface area contributed by atoms with Crippen LogP contribution in [0.25, 0.3) is 0 Å². The van der Waals surface area contributed by atoms with Gasteiger partial charge in [-0.15, -0.1) is 0 Å². The Balaban J connectivity index is 1.99. The van der Waals surface area contributed by atoms with Gasteiger partial charge < -0.3 is 0 Å². The number of pyridine rings is 1. The Morgan fingerprint density at radius 1 is 1.50 bits per heavy atom. The molecule has 3 nitrogen and oxygen atoms in total. The second-order valence-corrected chi connectivity index (χ2v) is 3.91. The quantitative estimate of drug-likeness (QED) is 0.809. The van der Waals surface area contributed by atoms with Gasteiger partial charge >= 0.3 is 0 Å². The molecule has 0 amide bonds. The van der Waals surface area contributed by atoms with Gasteiger partial charge in [-0.05, 0) is 24.5 Å². The minimum absolute atomic E-state index is 0.750. The van der Waals surface area contributed by atoms with Crippen LogP contribution in [0.15, 0.2) is 18.5 Å². The van der Waals surface area contributed by atoms with Crippen LogP contribution in [0.4, 0.5) is 0 Å². The van der Waals surface area contributed by atoms with Gasteiger partial charge in [-0.2, -0.15) is 0 Å². The minimum Gasteiger partial charge on any atom is -0.263 e. The fraction of sp³-hybridized carbons (Fsp3) is 0.500. The lowest BCUT2D eigenvalue weighted by Crippen LogP contribution is -2.42. The summed E-state index contributed by atoms with van der Waals surface area (Å²) in [6, 6.07) is 1.97. The predicted octanol–water partition coefficient (Wildman–Crippen LogP) is 1.84. The first-order chi connectivity index (χ1) is 6.86. The summed E-state index contributed by atoms with van der Waals surface area (Å²) >= 11 is 6.03. The second-order valence-electron chi connectivity index (χ2n) is 3.50. The van der Waals surface area contributed by atoms with E-state index in [9.17, 15) is 0 Å². The van der Waals surface area contributed by atoms with E-state index in [1.54, 1.807) is 12.4 Å². The van der Waals surface area contributed by atoms with Crippen molar-refractivity contribution in [1.29, 1.82) is 0 Å². The minimum atomic E-state index is 0.750. The van der Waals surface area contributed by atoms with Gasteiger partial charge in [0.25, 0.3) is 0 Å². The monoisotopic (exact) mass is 211 g/mol. The van der Waals surface area contributed by atoms with Gasteiger partial charge in [0.15, 0.2) is 0 Å². The first kappa shape index (κ1) is 9.90. The van der Waals surface area contributed by atoms with Crippen molar-refractivity contribution in [3.8, 4) is 0 Å². The van der Waals surface area contributed by atoms with Crippen molar-refractivity contribution in [3.05, 3.63) is 29.0 Å². The second kappa shape index (κ2) is 4.73. The number of rotatable bonds is 2. The molecule has 1 saturated heterocycles. The molecular formula is C10H14ClN3. The molecule has 0 aliphatic carbocycles. The predicted molar refractivity (Wildman–Crippen MR) is 56.9 cm³/mol. The molecule has 2 heterocycles. The van der Waals surface area contributed by atoms with Crippen LogP contribution in [0.2, 0.25) is 5.02 Å². The maximum atomic E-state index is 6.03. The lowest BCUT2D eigenvalue weighted by Gasteiger charge is -2.27. The molecule has 0 spiro atoms. The van der Waals surface area contributed by atoms with Gasteiger partial charge in [0.05, 0.1) is 5.02 Å². The summed E-state index contributed by atoms with van der Waals surface area (Å²) in [5.74, 6) is 0. The molecule has 1 fully saturated rings. The molecule has 76 valence electrons. The number of hydrogen-bond acceptors (Lipinski definition) is 3. The maximum absolute atomic E-state index is 6.03. The summed E-state index contributed by atoms with van der Waals surface area (Å²) in [6.07, 6.45) is 6.00. The normalized spacial score (nSPS) is 18.4. The molecule has 0 bridgehead atoms. The number of halogens is 1. The summed E-state index contributed by atoms with van der Waals surface area (Å²) in [7, 11) is 0. The zero-order valence-electron chi connectivity index (χ0n) is 8.04. The van der Waals surface area contributed by atoms with E-state index in [1.165, 1.54) is 12.8 Å². The van der Waals surface area contributed by atoms with E-state index >= 15 is 0 Å². The van der Waals surface area contributed by atoms with Gasteiger partial charge in [-0.1, -0.05) is 11.6 Å². The Bertz CT molecular complexity index is 297. The molecule has 2 rings (SSSR count). The van der Waals surface area contributed by atoms with E-state index in [0.29, 0.717) is 0 Å². The highest BCUT2D eigenvalue weighted by Crippen LogP contribution is 2.15. The average molecular weight is 212 g/mol. The van der Waals surface area contributed by atoms with Gasteiger partial charge in [0, 0.05) is 32.0 Å². The topological polar surface area (TPSA) is 28.2 Å². The standard InChI is InChI=1S/C10H14ClN3/c11-10-7-12-5-3-9(10)8-14-6-2-1-4-13-14/h3,5,7,13H,1-2,4,6,8H2. The SMILES string of the molecule is Clc1cnccc1CN1CCCCN1. The maximum Gasteiger partial charge on any atom is 0.0634 e. The molecule has 1 aromatic rings. The molecular weight excluding hydrogens is 198 g/mol. The molecule has 1 N–H and O–H groups in total. The molecule has 4 heteroatoms. The Morgan fingerprint density at radius 3 is 3.14 bits per heavy atom. The van der Waals surface area contributed by atoms with E-state index in [0.717, 1.165) is 30.2 Å². The number of hydrogen-bond donors (Lipinski definition) is 1. The fourth-order valence-corrected chi connectivity index (χ4v) is 1.80. The van der Waals surface area contributed by atoms with Crippen LogP contribution in [0.5, 0.6) is 0 Å². The highest BCUT2D eigenvalue weighted by Gasteiger charge is 2.10. The van der Waals surface area contributed by atoms with Crippen molar-refractivity contribution in [2.24, 2.45) is 0 Å². The number of hydrazine groups is 1. The fourth-order valence-electron chi connectivity index (χ4n) is 1.62. The Hall–Kier alpha value is -0.640. The van der Waals surface area contributed by atoms with Crippen molar-refractivity contribution in [1.82, 2.24) is 15.4 Å². The van der Waals surface area contributed by atoms with Crippen molar-refractivity contribution < 1.29 is 0 Å². The third-order valence-electron chi connectivity index (χ3n) is 2.41. The van der Waals surface area contributed by atoms with Crippen LogP contribution in [0.1, 0.15) is 18.4 Å². The Kier molecular flexibility index (Phi) is 3.35. The number of aromatic nitrogens is 1. The molecule has 0 unspecified atom stereocenters. The lowest BCUT2D eigenvalue weighted by molar-refractivity contribution is 0.144. The van der Waals surface area contributed by atoms with E-state index in [2.05, 4.69) is 15.4 Å². The van der Waals surface area contributed by atoms with E-state index in [1.807, 2.05) is 6.07 Å². The number of nitrogens with one attached hydrogen (secondary N) is 1. The van der Waals surface area contributed by atoms with Crippen LogP contribution in [-0.2, 0) is 6.54 Å². The smallest absolute Gasteiger partial charge is 0.0634 e. The van der Waals surface area contributed by atoms with Gasteiger partial charge in [0.1, 0.15) is 0 Å². The van der Waals surface area contributed by atoms with E-state index in [4.69, 9.17) is 11.6 Å².